The number of benzene rings is 1. The van der Waals surface area contributed by atoms with Gasteiger partial charge in [-0.25, -0.2) is 13.2 Å². The summed E-state index contributed by atoms with van der Waals surface area (Å²) in [6.45, 7) is 4.48. The molecule has 0 bridgehead atoms. The van der Waals surface area contributed by atoms with Gasteiger partial charge in [-0.3, -0.25) is 19.2 Å². The van der Waals surface area contributed by atoms with Crippen molar-refractivity contribution >= 4 is 29.1 Å². The number of aromatic nitrogens is 1. The summed E-state index contributed by atoms with van der Waals surface area (Å²) in [5.41, 5.74) is 0.219. The highest BCUT2D eigenvalue weighted by Crippen LogP contribution is 2.54. The summed E-state index contributed by atoms with van der Waals surface area (Å²) in [6, 6.07) is 6.44. The van der Waals surface area contributed by atoms with Gasteiger partial charge in [0.05, 0.1) is 5.56 Å². The number of nitrogens with one attached hydrogen (secondary N) is 2. The average Bonchev–Trinajstić information content (AvgIpc) is 3.39. The van der Waals surface area contributed by atoms with Crippen molar-refractivity contribution in [3.63, 3.8) is 0 Å². The minimum Gasteiger partial charge on any atom is -0.336 e. The van der Waals surface area contributed by atoms with Crippen LogP contribution in [0.1, 0.15) is 89.4 Å². The van der Waals surface area contributed by atoms with E-state index in [4.69, 9.17) is 0 Å². The Kier molecular flexibility index (Phi) is 5.84. The second kappa shape index (κ2) is 8.56. The maximum Gasteiger partial charge on any atom is 0.293 e. The van der Waals surface area contributed by atoms with Crippen LogP contribution in [-0.2, 0) is 16.0 Å². The number of Topliss-reactive ketones (excluding diaryl/α,β-unsaturated/α-hetero) is 2. The standard InChI is InChI=1S/C27H28F3N3O4/c1-4-20(34)26(11-27(29,30)12-26)32-25(37)23(35)21-13(2)22(33-18-9-16(18)10-19(21)33)24(36)31-17-7-5-6-15(8-17)14(3)28/h5-8,14,16,18H,4,9-12H2,1-3H3,(H,31,36)(H,32,37)/t14?,16-,18-/m1/s1. The second-order valence-electron chi connectivity index (χ2n) is 10.5. The van der Waals surface area contributed by atoms with E-state index in [0.29, 0.717) is 28.9 Å². The summed E-state index contributed by atoms with van der Waals surface area (Å²) in [4.78, 5) is 52.1. The van der Waals surface area contributed by atoms with Crippen LogP contribution in [0.25, 0.3) is 0 Å². The monoisotopic (exact) mass is 515 g/mol. The maximum atomic E-state index is 13.8. The molecule has 10 heteroatoms. The maximum absolute atomic E-state index is 13.8. The van der Waals surface area contributed by atoms with Crippen molar-refractivity contribution in [2.45, 2.75) is 76.6 Å². The molecule has 1 unspecified atom stereocenters. The molecule has 1 aromatic carbocycles. The van der Waals surface area contributed by atoms with E-state index >= 15 is 0 Å². The van der Waals surface area contributed by atoms with Gasteiger partial charge < -0.3 is 15.2 Å². The van der Waals surface area contributed by atoms with Crippen molar-refractivity contribution in [1.82, 2.24) is 9.88 Å². The van der Waals surface area contributed by atoms with Crippen molar-refractivity contribution in [2.24, 2.45) is 5.92 Å². The van der Waals surface area contributed by atoms with Crippen molar-refractivity contribution in [1.29, 1.82) is 0 Å². The number of nitrogens with zero attached hydrogens (tertiary/aromatic N) is 1. The molecule has 196 valence electrons. The van der Waals surface area contributed by atoms with Crippen LogP contribution in [0.3, 0.4) is 0 Å². The number of carbonyl (C=O) groups is 4. The Bertz CT molecular complexity index is 1340. The summed E-state index contributed by atoms with van der Waals surface area (Å²) < 4.78 is 42.9. The van der Waals surface area contributed by atoms with E-state index in [2.05, 4.69) is 10.6 Å². The minimum absolute atomic E-state index is 0.0367. The number of halogens is 3. The fourth-order valence-corrected chi connectivity index (χ4v) is 5.90. The van der Waals surface area contributed by atoms with E-state index in [1.807, 2.05) is 0 Å². The van der Waals surface area contributed by atoms with Crippen LogP contribution < -0.4 is 10.6 Å². The normalized spacial score (nSPS) is 22.8. The third-order valence-electron chi connectivity index (χ3n) is 7.80. The number of fused-ring (bicyclic) bond motifs is 3. The molecule has 37 heavy (non-hydrogen) atoms. The predicted molar refractivity (Wildman–Crippen MR) is 129 cm³/mol. The van der Waals surface area contributed by atoms with Gasteiger partial charge in [-0.2, -0.15) is 0 Å². The molecule has 2 aromatic rings. The molecule has 2 fully saturated rings. The first kappa shape index (κ1) is 25.2. The molecule has 2 heterocycles. The van der Waals surface area contributed by atoms with E-state index in [0.717, 1.165) is 6.42 Å². The first-order chi connectivity index (χ1) is 17.4. The quantitative estimate of drug-likeness (QED) is 0.395. The predicted octanol–water partition coefficient (Wildman–Crippen LogP) is 4.64. The van der Waals surface area contributed by atoms with Crippen LogP contribution in [0.4, 0.5) is 18.9 Å². The van der Waals surface area contributed by atoms with Crippen molar-refractivity contribution in [2.75, 3.05) is 5.32 Å². The third kappa shape index (κ3) is 4.16. The summed E-state index contributed by atoms with van der Waals surface area (Å²) in [6.07, 6.45) is -1.59. The molecule has 5 rings (SSSR count). The Hall–Kier alpha value is -3.43. The summed E-state index contributed by atoms with van der Waals surface area (Å²) in [5, 5.41) is 5.07. The number of anilines is 1. The highest BCUT2D eigenvalue weighted by molar-refractivity contribution is 6.44. The molecule has 1 aromatic heterocycles. The van der Waals surface area contributed by atoms with E-state index in [1.165, 1.54) is 19.9 Å². The van der Waals surface area contributed by atoms with Crippen molar-refractivity contribution in [3.05, 3.63) is 52.3 Å². The number of alkyl halides is 3. The fourth-order valence-electron chi connectivity index (χ4n) is 5.90. The molecule has 0 spiro atoms. The van der Waals surface area contributed by atoms with E-state index in [1.54, 1.807) is 29.7 Å². The zero-order chi connectivity index (χ0) is 26.9. The van der Waals surface area contributed by atoms with E-state index < -0.39 is 53.9 Å². The van der Waals surface area contributed by atoms with Gasteiger partial charge >= 0.3 is 0 Å². The molecule has 1 aliphatic heterocycles. The molecule has 0 radical (unpaired) electrons. The number of hydrogen-bond acceptors (Lipinski definition) is 4. The van der Waals surface area contributed by atoms with Crippen molar-refractivity contribution in [3.8, 4) is 0 Å². The SMILES string of the molecule is CCC(=O)C1(NC(=O)C(=O)c2c(C)c(C(=O)Nc3cccc(C(C)F)c3)n3c2C[C@H]2C[C@H]23)CC(F)(F)C1. The lowest BCUT2D eigenvalue weighted by atomic mass is 9.69. The lowest BCUT2D eigenvalue weighted by Gasteiger charge is -2.46. The lowest BCUT2D eigenvalue weighted by molar-refractivity contribution is -0.163. The first-order valence-corrected chi connectivity index (χ1v) is 12.4. The highest BCUT2D eigenvalue weighted by Gasteiger charge is 2.61. The second-order valence-corrected chi connectivity index (χ2v) is 10.5. The number of rotatable bonds is 8. The van der Waals surface area contributed by atoms with Gasteiger partial charge in [-0.15, -0.1) is 0 Å². The number of amides is 2. The van der Waals surface area contributed by atoms with Gasteiger partial charge in [-0.05, 0) is 55.9 Å². The van der Waals surface area contributed by atoms with Crippen LogP contribution in [0.15, 0.2) is 24.3 Å². The molecule has 3 atom stereocenters. The van der Waals surface area contributed by atoms with Gasteiger partial charge in [0.15, 0.2) is 5.78 Å². The fraction of sp³-hybridized carbons (Fsp3) is 0.481. The largest absolute Gasteiger partial charge is 0.336 e. The molecule has 2 aliphatic carbocycles. The molecule has 2 saturated carbocycles. The Morgan fingerprint density at radius 3 is 2.51 bits per heavy atom. The molecule has 7 nitrogen and oxygen atoms in total. The number of hydrogen-bond donors (Lipinski definition) is 2. The van der Waals surface area contributed by atoms with Gasteiger partial charge in [0.1, 0.15) is 17.4 Å². The lowest BCUT2D eigenvalue weighted by Crippen LogP contribution is -2.67. The first-order valence-electron chi connectivity index (χ1n) is 12.4. The molecule has 0 saturated heterocycles. The van der Waals surface area contributed by atoms with Gasteiger partial charge in [0.2, 0.25) is 0 Å². The van der Waals surface area contributed by atoms with Crippen LogP contribution in [0, 0.1) is 12.8 Å². The van der Waals surface area contributed by atoms with Gasteiger partial charge in [-0.1, -0.05) is 19.1 Å². The molecular weight excluding hydrogens is 487 g/mol. The zero-order valence-electron chi connectivity index (χ0n) is 20.8. The van der Waals surface area contributed by atoms with Crippen molar-refractivity contribution < 1.29 is 32.3 Å². The minimum atomic E-state index is -3.09. The summed E-state index contributed by atoms with van der Waals surface area (Å²) in [7, 11) is 0. The number of ketones is 2. The van der Waals surface area contributed by atoms with Crippen LogP contribution in [0.5, 0.6) is 0 Å². The smallest absolute Gasteiger partial charge is 0.293 e. The Labute approximate surface area is 211 Å². The Morgan fingerprint density at radius 2 is 1.89 bits per heavy atom. The summed E-state index contributed by atoms with van der Waals surface area (Å²) >= 11 is 0. The van der Waals surface area contributed by atoms with Crippen LogP contribution >= 0.6 is 0 Å². The number of carbonyl (C=O) groups excluding carboxylic acids is 4. The van der Waals surface area contributed by atoms with Gasteiger partial charge in [0.25, 0.3) is 23.5 Å². The summed E-state index contributed by atoms with van der Waals surface area (Å²) in [5.74, 6) is -5.96. The Morgan fingerprint density at radius 1 is 1.19 bits per heavy atom. The van der Waals surface area contributed by atoms with E-state index in [9.17, 15) is 32.3 Å². The third-order valence-corrected chi connectivity index (χ3v) is 7.80. The van der Waals surface area contributed by atoms with Crippen LogP contribution in [0.2, 0.25) is 0 Å². The molecule has 3 aliphatic rings. The molecule has 2 amide bonds. The van der Waals surface area contributed by atoms with Crippen LogP contribution in [-0.4, -0.2) is 39.4 Å². The Balaban J connectivity index is 1.44. The topological polar surface area (TPSA) is 97.3 Å². The van der Waals surface area contributed by atoms with E-state index in [-0.39, 0.29) is 29.6 Å². The molecular formula is C27H28F3N3O4. The average molecular weight is 516 g/mol. The van der Waals surface area contributed by atoms with Gasteiger partial charge in [0, 0.05) is 36.7 Å². The molecule has 2 N–H and O–H groups in total. The zero-order valence-corrected chi connectivity index (χ0v) is 20.8. The highest BCUT2D eigenvalue weighted by atomic mass is 19.3.